The number of carbonyl (C=O) groups is 1. The van der Waals surface area contributed by atoms with Crippen molar-refractivity contribution in [2.24, 2.45) is 5.92 Å². The van der Waals surface area contributed by atoms with Crippen LogP contribution in [0.2, 0.25) is 0 Å². The molecule has 152 valence electrons. The average Bonchev–Trinajstić information content (AvgIpc) is 3.52. The Balaban J connectivity index is 1.35. The minimum atomic E-state index is -0.214. The summed E-state index contributed by atoms with van der Waals surface area (Å²) in [6.45, 7) is 2.05. The Morgan fingerprint density at radius 1 is 1.28 bits per heavy atom. The SMILES string of the molecule is N#Cc1cccc(C(=O)N2CCC[C@H]2c2nc(CCOCC3CCCC3)no2)c1. The summed E-state index contributed by atoms with van der Waals surface area (Å²) in [5, 5.41) is 13.2. The maximum absolute atomic E-state index is 12.9. The number of ether oxygens (including phenoxy) is 1. The van der Waals surface area contributed by atoms with Crippen molar-refractivity contribution in [2.45, 2.75) is 51.0 Å². The van der Waals surface area contributed by atoms with E-state index in [2.05, 4.69) is 16.2 Å². The summed E-state index contributed by atoms with van der Waals surface area (Å²) in [7, 11) is 0. The monoisotopic (exact) mass is 394 g/mol. The zero-order valence-electron chi connectivity index (χ0n) is 16.5. The minimum Gasteiger partial charge on any atom is -0.381 e. The van der Waals surface area contributed by atoms with Crippen molar-refractivity contribution in [3.05, 3.63) is 47.1 Å². The van der Waals surface area contributed by atoms with Gasteiger partial charge in [-0.1, -0.05) is 24.1 Å². The van der Waals surface area contributed by atoms with Gasteiger partial charge in [-0.05, 0) is 49.8 Å². The summed E-state index contributed by atoms with van der Waals surface area (Å²) in [5.74, 6) is 1.70. The highest BCUT2D eigenvalue weighted by molar-refractivity contribution is 5.95. The molecule has 1 aliphatic carbocycles. The maximum Gasteiger partial charge on any atom is 0.254 e. The van der Waals surface area contributed by atoms with Crippen molar-refractivity contribution >= 4 is 5.91 Å². The minimum absolute atomic E-state index is 0.107. The Hall–Kier alpha value is -2.72. The smallest absolute Gasteiger partial charge is 0.254 e. The van der Waals surface area contributed by atoms with E-state index in [0.29, 0.717) is 48.3 Å². The first kappa shape index (κ1) is 19.6. The van der Waals surface area contributed by atoms with Crippen LogP contribution in [0.15, 0.2) is 28.8 Å². The van der Waals surface area contributed by atoms with E-state index in [1.165, 1.54) is 25.7 Å². The van der Waals surface area contributed by atoms with Gasteiger partial charge in [0, 0.05) is 25.1 Å². The van der Waals surface area contributed by atoms with Gasteiger partial charge in [0.05, 0.1) is 18.2 Å². The largest absolute Gasteiger partial charge is 0.381 e. The van der Waals surface area contributed by atoms with Gasteiger partial charge in [-0.2, -0.15) is 10.2 Å². The van der Waals surface area contributed by atoms with E-state index in [0.717, 1.165) is 19.4 Å². The lowest BCUT2D eigenvalue weighted by Gasteiger charge is -2.22. The molecule has 1 aromatic heterocycles. The molecule has 1 atom stereocenters. The highest BCUT2D eigenvalue weighted by Gasteiger charge is 2.34. The van der Waals surface area contributed by atoms with Crippen LogP contribution < -0.4 is 0 Å². The van der Waals surface area contributed by atoms with Crippen molar-refractivity contribution in [3.63, 3.8) is 0 Å². The zero-order chi connectivity index (χ0) is 20.1. The molecular weight excluding hydrogens is 368 g/mol. The number of hydrogen-bond acceptors (Lipinski definition) is 6. The zero-order valence-corrected chi connectivity index (χ0v) is 16.5. The fourth-order valence-electron chi connectivity index (χ4n) is 4.25. The molecule has 0 spiro atoms. The topological polar surface area (TPSA) is 92.2 Å². The molecule has 7 nitrogen and oxygen atoms in total. The molecule has 1 saturated carbocycles. The van der Waals surface area contributed by atoms with Crippen molar-refractivity contribution in [1.29, 1.82) is 5.26 Å². The summed E-state index contributed by atoms with van der Waals surface area (Å²) in [5.41, 5.74) is 0.986. The van der Waals surface area contributed by atoms with E-state index in [-0.39, 0.29) is 11.9 Å². The molecule has 4 rings (SSSR count). The summed E-state index contributed by atoms with van der Waals surface area (Å²) in [6, 6.07) is 8.64. The van der Waals surface area contributed by atoms with Crippen LogP contribution in [0, 0.1) is 17.2 Å². The van der Waals surface area contributed by atoms with Crippen LogP contribution in [0.1, 0.15) is 72.2 Å². The fourth-order valence-corrected chi connectivity index (χ4v) is 4.25. The first-order chi connectivity index (χ1) is 14.2. The second-order valence-corrected chi connectivity index (χ2v) is 7.87. The molecule has 2 fully saturated rings. The van der Waals surface area contributed by atoms with E-state index in [4.69, 9.17) is 14.5 Å². The van der Waals surface area contributed by atoms with Gasteiger partial charge < -0.3 is 14.2 Å². The third-order valence-electron chi connectivity index (χ3n) is 5.82. The average molecular weight is 394 g/mol. The first-order valence-corrected chi connectivity index (χ1v) is 10.5. The fraction of sp³-hybridized carbons (Fsp3) is 0.545. The molecule has 7 heteroatoms. The number of amides is 1. The number of aromatic nitrogens is 2. The molecule has 0 unspecified atom stereocenters. The molecule has 2 aromatic rings. The van der Waals surface area contributed by atoms with Crippen molar-refractivity contribution in [2.75, 3.05) is 19.8 Å². The molecule has 1 aliphatic heterocycles. The van der Waals surface area contributed by atoms with Crippen LogP contribution in [-0.2, 0) is 11.2 Å². The van der Waals surface area contributed by atoms with Gasteiger partial charge >= 0.3 is 0 Å². The van der Waals surface area contributed by atoms with Crippen LogP contribution >= 0.6 is 0 Å². The summed E-state index contributed by atoms with van der Waals surface area (Å²) in [4.78, 5) is 19.2. The van der Waals surface area contributed by atoms with E-state index >= 15 is 0 Å². The molecule has 1 aromatic carbocycles. The number of nitriles is 1. The third-order valence-corrected chi connectivity index (χ3v) is 5.82. The molecule has 1 amide bonds. The summed E-state index contributed by atoms with van der Waals surface area (Å²) in [6.07, 6.45) is 7.48. The molecule has 1 saturated heterocycles. The molecule has 0 radical (unpaired) electrons. The molecule has 2 heterocycles. The normalized spacial score (nSPS) is 19.6. The van der Waals surface area contributed by atoms with E-state index in [9.17, 15) is 4.79 Å². The second kappa shape index (κ2) is 9.19. The van der Waals surface area contributed by atoms with Crippen molar-refractivity contribution in [1.82, 2.24) is 15.0 Å². The van der Waals surface area contributed by atoms with Crippen molar-refractivity contribution < 1.29 is 14.1 Å². The Morgan fingerprint density at radius 2 is 2.14 bits per heavy atom. The number of rotatable bonds is 7. The Bertz CT molecular complexity index is 882. The Labute approximate surface area is 170 Å². The van der Waals surface area contributed by atoms with E-state index in [1.54, 1.807) is 29.2 Å². The lowest BCUT2D eigenvalue weighted by Crippen LogP contribution is -2.30. The van der Waals surface area contributed by atoms with Crippen LogP contribution in [0.3, 0.4) is 0 Å². The Morgan fingerprint density at radius 3 is 2.97 bits per heavy atom. The summed E-state index contributed by atoms with van der Waals surface area (Å²) < 4.78 is 11.3. The predicted octanol–water partition coefficient (Wildman–Crippen LogP) is 3.67. The number of hydrogen-bond donors (Lipinski definition) is 0. The van der Waals surface area contributed by atoms with Crippen LogP contribution in [0.4, 0.5) is 0 Å². The number of likely N-dealkylation sites (tertiary alicyclic amines) is 1. The molecule has 29 heavy (non-hydrogen) atoms. The third kappa shape index (κ3) is 4.65. The van der Waals surface area contributed by atoms with Crippen molar-refractivity contribution in [3.8, 4) is 6.07 Å². The highest BCUT2D eigenvalue weighted by atomic mass is 16.5. The number of benzene rings is 1. The summed E-state index contributed by atoms with van der Waals surface area (Å²) >= 11 is 0. The van der Waals surface area contributed by atoms with Gasteiger partial charge in [0.15, 0.2) is 5.82 Å². The second-order valence-electron chi connectivity index (χ2n) is 7.87. The highest BCUT2D eigenvalue weighted by Crippen LogP contribution is 2.32. The lowest BCUT2D eigenvalue weighted by molar-refractivity contribution is 0.0710. The maximum atomic E-state index is 12.9. The van der Waals surface area contributed by atoms with Gasteiger partial charge in [0.1, 0.15) is 6.04 Å². The van der Waals surface area contributed by atoms with Crippen LogP contribution in [0.25, 0.3) is 0 Å². The number of nitrogens with zero attached hydrogens (tertiary/aromatic N) is 4. The quantitative estimate of drug-likeness (QED) is 0.665. The van der Waals surface area contributed by atoms with Gasteiger partial charge in [0.2, 0.25) is 5.89 Å². The van der Waals surface area contributed by atoms with Gasteiger partial charge in [-0.25, -0.2) is 0 Å². The van der Waals surface area contributed by atoms with Crippen LogP contribution in [0.5, 0.6) is 0 Å². The Kier molecular flexibility index (Phi) is 6.20. The first-order valence-electron chi connectivity index (χ1n) is 10.5. The van der Waals surface area contributed by atoms with Gasteiger partial charge in [-0.3, -0.25) is 4.79 Å². The van der Waals surface area contributed by atoms with Gasteiger partial charge in [-0.15, -0.1) is 0 Å². The van der Waals surface area contributed by atoms with E-state index < -0.39 is 0 Å². The lowest BCUT2D eigenvalue weighted by atomic mass is 10.1. The molecular formula is C22H26N4O3. The van der Waals surface area contributed by atoms with Gasteiger partial charge in [0.25, 0.3) is 5.91 Å². The van der Waals surface area contributed by atoms with Crippen LogP contribution in [-0.4, -0.2) is 40.7 Å². The molecule has 0 bridgehead atoms. The predicted molar refractivity (Wildman–Crippen MR) is 105 cm³/mol. The standard InChI is InChI=1S/C22H26N4O3/c23-14-17-7-3-8-18(13-17)22(27)26-11-4-9-19(26)21-24-20(25-29-21)10-12-28-15-16-5-1-2-6-16/h3,7-8,13,16,19H,1-2,4-6,9-12,15H2/t19-/m0/s1. The number of carbonyl (C=O) groups excluding carboxylic acids is 1. The molecule has 0 N–H and O–H groups in total. The van der Waals surface area contributed by atoms with E-state index in [1.807, 2.05) is 0 Å². The molecule has 2 aliphatic rings.